The van der Waals surface area contributed by atoms with E-state index in [9.17, 15) is 9.59 Å². The molecule has 0 saturated heterocycles. The molecule has 2 N–H and O–H groups in total. The number of aromatic carboxylic acids is 1. The van der Waals surface area contributed by atoms with Crippen molar-refractivity contribution in [1.82, 2.24) is 20.3 Å². The van der Waals surface area contributed by atoms with Crippen LogP contribution in [0.15, 0.2) is 0 Å². The Morgan fingerprint density at radius 3 is 2.69 bits per heavy atom. The highest BCUT2D eigenvalue weighted by Gasteiger charge is 2.17. The minimum atomic E-state index is -1.09. The quantitative estimate of drug-likeness (QED) is 0.716. The van der Waals surface area contributed by atoms with Crippen molar-refractivity contribution in [2.45, 2.75) is 26.3 Å². The van der Waals surface area contributed by atoms with Crippen LogP contribution in [0.1, 0.15) is 29.5 Å². The maximum Gasteiger partial charge on any atom is 0.358 e. The van der Waals surface area contributed by atoms with Gasteiger partial charge in [0.05, 0.1) is 12.2 Å². The molecule has 0 aliphatic carbocycles. The van der Waals surface area contributed by atoms with Crippen molar-refractivity contribution in [3.63, 3.8) is 0 Å². The summed E-state index contributed by atoms with van der Waals surface area (Å²) < 4.78 is 1.46. The zero-order chi connectivity index (χ0) is 12.1. The Morgan fingerprint density at radius 2 is 2.19 bits per heavy atom. The molecule has 0 spiro atoms. The van der Waals surface area contributed by atoms with Crippen molar-refractivity contribution in [2.75, 3.05) is 7.05 Å². The monoisotopic (exact) mass is 226 g/mol. The molecule has 0 bridgehead atoms. The number of nitrogens with zero attached hydrogens (tertiary/aromatic N) is 3. The van der Waals surface area contributed by atoms with E-state index < -0.39 is 5.97 Å². The first-order chi connectivity index (χ1) is 7.60. The lowest BCUT2D eigenvalue weighted by atomic mass is 10.2. The molecule has 1 aromatic rings. The van der Waals surface area contributed by atoms with E-state index in [1.807, 2.05) is 6.92 Å². The van der Waals surface area contributed by atoms with Crippen LogP contribution in [0, 0.1) is 0 Å². The molecule has 0 unspecified atom stereocenters. The molecule has 1 amide bonds. The van der Waals surface area contributed by atoms with Gasteiger partial charge < -0.3 is 10.4 Å². The Kier molecular flexibility index (Phi) is 3.98. The van der Waals surface area contributed by atoms with E-state index in [2.05, 4.69) is 15.6 Å². The lowest BCUT2D eigenvalue weighted by Gasteiger charge is -2.04. The summed E-state index contributed by atoms with van der Waals surface area (Å²) in [4.78, 5) is 21.8. The van der Waals surface area contributed by atoms with E-state index >= 15 is 0 Å². The highest BCUT2D eigenvalue weighted by Crippen LogP contribution is 2.07. The number of nitrogens with one attached hydrogen (secondary N) is 1. The third-order valence-corrected chi connectivity index (χ3v) is 2.20. The van der Waals surface area contributed by atoms with Gasteiger partial charge in [-0.1, -0.05) is 12.1 Å². The number of rotatable bonds is 5. The first kappa shape index (κ1) is 12.2. The smallest absolute Gasteiger partial charge is 0.358 e. The lowest BCUT2D eigenvalue weighted by molar-refractivity contribution is -0.120. The summed E-state index contributed by atoms with van der Waals surface area (Å²) in [5.41, 5.74) is 0.496. The van der Waals surface area contributed by atoms with E-state index in [0.29, 0.717) is 18.7 Å². The van der Waals surface area contributed by atoms with Crippen molar-refractivity contribution < 1.29 is 14.7 Å². The van der Waals surface area contributed by atoms with Gasteiger partial charge >= 0.3 is 5.97 Å². The van der Waals surface area contributed by atoms with Crippen molar-refractivity contribution >= 4 is 11.9 Å². The third kappa shape index (κ3) is 2.56. The van der Waals surface area contributed by atoms with Crippen LogP contribution in [0.3, 0.4) is 0 Å². The molecule has 7 heteroatoms. The normalized spacial score (nSPS) is 10.1. The molecule has 0 radical (unpaired) electrons. The molecular weight excluding hydrogens is 212 g/mol. The first-order valence-electron chi connectivity index (χ1n) is 4.96. The largest absolute Gasteiger partial charge is 0.476 e. The van der Waals surface area contributed by atoms with Gasteiger partial charge in [-0.2, -0.15) is 0 Å². The van der Waals surface area contributed by atoms with Gasteiger partial charge in [0.15, 0.2) is 5.69 Å². The topological polar surface area (TPSA) is 97.1 Å². The maximum absolute atomic E-state index is 11.0. The van der Waals surface area contributed by atoms with Gasteiger partial charge in [0.25, 0.3) is 0 Å². The molecule has 1 rings (SSSR count). The Morgan fingerprint density at radius 1 is 1.50 bits per heavy atom. The van der Waals surface area contributed by atoms with E-state index in [1.54, 1.807) is 7.05 Å². The molecule has 88 valence electrons. The Hall–Kier alpha value is -1.92. The number of carbonyl (C=O) groups is 2. The van der Waals surface area contributed by atoms with Crippen LogP contribution in [-0.4, -0.2) is 39.0 Å². The summed E-state index contributed by atoms with van der Waals surface area (Å²) in [6.07, 6.45) is 0.772. The summed E-state index contributed by atoms with van der Waals surface area (Å²) >= 11 is 0. The summed E-state index contributed by atoms with van der Waals surface area (Å²) in [7, 11) is 1.55. The fourth-order valence-corrected chi connectivity index (χ4v) is 1.36. The molecule has 0 aliphatic heterocycles. The number of hydrogen-bond acceptors (Lipinski definition) is 4. The first-order valence-corrected chi connectivity index (χ1v) is 4.96. The summed E-state index contributed by atoms with van der Waals surface area (Å²) in [6, 6.07) is 0. The molecule has 0 aromatic carbocycles. The van der Waals surface area contributed by atoms with Gasteiger partial charge in [-0.15, -0.1) is 5.10 Å². The lowest BCUT2D eigenvalue weighted by Crippen LogP contribution is -2.20. The minimum absolute atomic E-state index is 0.0422. The number of amides is 1. The molecule has 1 aromatic heterocycles. The second-order valence-corrected chi connectivity index (χ2v) is 3.19. The SMILES string of the molecule is CCc1c(C(=O)O)nnn1CCC(=O)NC. The van der Waals surface area contributed by atoms with Gasteiger partial charge in [-0.3, -0.25) is 4.79 Å². The molecular formula is C9H14N4O3. The predicted molar refractivity (Wildman–Crippen MR) is 55.0 cm³/mol. The van der Waals surface area contributed by atoms with E-state index in [1.165, 1.54) is 4.68 Å². The molecule has 0 aliphatic rings. The fourth-order valence-electron chi connectivity index (χ4n) is 1.36. The number of aromatic nitrogens is 3. The zero-order valence-electron chi connectivity index (χ0n) is 9.23. The van der Waals surface area contributed by atoms with Crippen LogP contribution in [0.4, 0.5) is 0 Å². The van der Waals surface area contributed by atoms with Crippen LogP contribution < -0.4 is 5.32 Å². The number of carbonyl (C=O) groups excluding carboxylic acids is 1. The molecule has 0 atom stereocenters. The van der Waals surface area contributed by atoms with Gasteiger partial charge in [-0.25, -0.2) is 9.48 Å². The fraction of sp³-hybridized carbons (Fsp3) is 0.556. The van der Waals surface area contributed by atoms with Crippen molar-refractivity contribution in [2.24, 2.45) is 0 Å². The van der Waals surface area contributed by atoms with Crippen molar-refractivity contribution in [3.05, 3.63) is 11.4 Å². The van der Waals surface area contributed by atoms with Gasteiger partial charge in [-0.05, 0) is 6.42 Å². The van der Waals surface area contributed by atoms with E-state index in [0.717, 1.165) is 0 Å². The second kappa shape index (κ2) is 5.24. The Labute approximate surface area is 92.4 Å². The number of aryl methyl sites for hydroxylation is 1. The van der Waals surface area contributed by atoms with Crippen LogP contribution in [0.2, 0.25) is 0 Å². The van der Waals surface area contributed by atoms with Crippen molar-refractivity contribution in [1.29, 1.82) is 0 Å². The second-order valence-electron chi connectivity index (χ2n) is 3.19. The third-order valence-electron chi connectivity index (χ3n) is 2.20. The average Bonchev–Trinajstić information content (AvgIpc) is 2.68. The molecule has 16 heavy (non-hydrogen) atoms. The number of hydrogen-bond donors (Lipinski definition) is 2. The summed E-state index contributed by atoms with van der Waals surface area (Å²) in [5, 5.41) is 18.6. The van der Waals surface area contributed by atoms with Gasteiger partial charge in [0.2, 0.25) is 5.91 Å². The number of carboxylic acid groups (broad SMARTS) is 1. The number of carboxylic acids is 1. The average molecular weight is 226 g/mol. The maximum atomic E-state index is 11.0. The van der Waals surface area contributed by atoms with E-state index in [-0.39, 0.29) is 18.0 Å². The molecule has 1 heterocycles. The highest BCUT2D eigenvalue weighted by molar-refractivity contribution is 5.86. The predicted octanol–water partition coefficient (Wildman–Crippen LogP) is -0.325. The van der Waals surface area contributed by atoms with E-state index in [4.69, 9.17) is 5.11 Å². The molecule has 7 nitrogen and oxygen atoms in total. The van der Waals surface area contributed by atoms with Crippen LogP contribution in [-0.2, 0) is 17.8 Å². The van der Waals surface area contributed by atoms with Gasteiger partial charge in [0, 0.05) is 13.5 Å². The zero-order valence-corrected chi connectivity index (χ0v) is 9.23. The minimum Gasteiger partial charge on any atom is -0.476 e. The Balaban J connectivity index is 2.81. The molecule has 0 saturated carbocycles. The van der Waals surface area contributed by atoms with Gasteiger partial charge in [0.1, 0.15) is 0 Å². The van der Waals surface area contributed by atoms with Crippen LogP contribution >= 0.6 is 0 Å². The highest BCUT2D eigenvalue weighted by atomic mass is 16.4. The summed E-state index contributed by atoms with van der Waals surface area (Å²) in [5.74, 6) is -1.21. The Bertz CT molecular complexity index is 399. The van der Waals surface area contributed by atoms with Crippen molar-refractivity contribution in [3.8, 4) is 0 Å². The molecule has 0 fully saturated rings. The van der Waals surface area contributed by atoms with Crippen LogP contribution in [0.25, 0.3) is 0 Å². The summed E-state index contributed by atoms with van der Waals surface area (Å²) in [6.45, 7) is 2.16. The van der Waals surface area contributed by atoms with Crippen LogP contribution in [0.5, 0.6) is 0 Å². The standard InChI is InChI=1S/C9H14N4O3/c1-3-6-8(9(15)16)11-12-13(6)5-4-7(14)10-2/h3-5H2,1-2H3,(H,10,14)(H,15,16).